The minimum atomic E-state index is -0.342. The number of nitrogens with zero attached hydrogens (tertiary/aromatic N) is 3. The first kappa shape index (κ1) is 17.9. The summed E-state index contributed by atoms with van der Waals surface area (Å²) in [6.07, 6.45) is 4.06. The minimum absolute atomic E-state index is 0.00280. The third-order valence-electron chi connectivity index (χ3n) is 4.76. The van der Waals surface area contributed by atoms with Crippen molar-refractivity contribution >= 4 is 0 Å². The standard InChI is InChI=1S/C19H28N4O2/c1-14(15-6-4-7-16(12-15)25-11-10-22(2)3)21-17-13-18(24)19(17)23-9-5-8-20-23/h4-9,12,14,17-19,21,24H,10-11,13H2,1-3H3/t14?,17-,18+,19+/m0/s1. The maximum atomic E-state index is 10.1. The Morgan fingerprint density at radius 2 is 2.24 bits per heavy atom. The maximum Gasteiger partial charge on any atom is 0.119 e. The summed E-state index contributed by atoms with van der Waals surface area (Å²) < 4.78 is 7.67. The highest BCUT2D eigenvalue weighted by atomic mass is 16.5. The van der Waals surface area contributed by atoms with Gasteiger partial charge in [0.25, 0.3) is 0 Å². The molecule has 136 valence electrons. The lowest BCUT2D eigenvalue weighted by Gasteiger charge is -2.43. The summed E-state index contributed by atoms with van der Waals surface area (Å²) in [5, 5.41) is 18.0. The molecule has 1 saturated carbocycles. The van der Waals surface area contributed by atoms with Crippen molar-refractivity contribution in [2.45, 2.75) is 37.6 Å². The second kappa shape index (κ2) is 7.99. The maximum absolute atomic E-state index is 10.1. The van der Waals surface area contributed by atoms with Gasteiger partial charge in [0.2, 0.25) is 0 Å². The van der Waals surface area contributed by atoms with Gasteiger partial charge in [-0.2, -0.15) is 5.10 Å². The topological polar surface area (TPSA) is 62.6 Å². The zero-order chi connectivity index (χ0) is 17.8. The Labute approximate surface area is 149 Å². The summed E-state index contributed by atoms with van der Waals surface area (Å²) in [5.74, 6) is 0.894. The smallest absolute Gasteiger partial charge is 0.119 e. The molecule has 0 bridgehead atoms. The molecule has 6 nitrogen and oxygen atoms in total. The van der Waals surface area contributed by atoms with Crippen LogP contribution in [-0.4, -0.2) is 59.2 Å². The summed E-state index contributed by atoms with van der Waals surface area (Å²) in [6.45, 7) is 3.71. The molecule has 1 aromatic heterocycles. The summed E-state index contributed by atoms with van der Waals surface area (Å²) in [4.78, 5) is 2.10. The molecule has 1 aliphatic carbocycles. The van der Waals surface area contributed by atoms with Crippen LogP contribution in [0.5, 0.6) is 5.75 Å². The molecule has 1 fully saturated rings. The van der Waals surface area contributed by atoms with Crippen molar-refractivity contribution in [3.63, 3.8) is 0 Å². The predicted molar refractivity (Wildman–Crippen MR) is 97.7 cm³/mol. The largest absolute Gasteiger partial charge is 0.492 e. The second-order valence-electron chi connectivity index (χ2n) is 7.00. The third-order valence-corrected chi connectivity index (χ3v) is 4.76. The van der Waals surface area contributed by atoms with E-state index in [1.54, 1.807) is 6.20 Å². The Morgan fingerprint density at radius 1 is 1.40 bits per heavy atom. The van der Waals surface area contributed by atoms with E-state index in [2.05, 4.69) is 34.4 Å². The van der Waals surface area contributed by atoms with Crippen molar-refractivity contribution in [3.8, 4) is 5.75 Å². The molecule has 0 saturated heterocycles. The van der Waals surface area contributed by atoms with Gasteiger partial charge in [-0.15, -0.1) is 0 Å². The Morgan fingerprint density at radius 3 is 2.92 bits per heavy atom. The molecule has 0 radical (unpaired) electrons. The lowest BCUT2D eigenvalue weighted by atomic mass is 9.82. The molecule has 25 heavy (non-hydrogen) atoms. The quantitative estimate of drug-likeness (QED) is 0.765. The van der Waals surface area contributed by atoms with Gasteiger partial charge < -0.3 is 20.1 Å². The van der Waals surface area contributed by atoms with Gasteiger partial charge in [-0.1, -0.05) is 12.1 Å². The average molecular weight is 344 g/mol. The Balaban J connectivity index is 1.58. The molecule has 3 rings (SSSR count). The van der Waals surface area contributed by atoms with E-state index in [1.165, 1.54) is 5.56 Å². The normalized spacial score (nSPS) is 24.1. The summed E-state index contributed by atoms with van der Waals surface area (Å²) >= 11 is 0. The number of aliphatic hydroxyl groups is 1. The fourth-order valence-corrected chi connectivity index (χ4v) is 3.23. The van der Waals surface area contributed by atoms with Crippen molar-refractivity contribution in [2.24, 2.45) is 0 Å². The molecule has 1 aliphatic rings. The van der Waals surface area contributed by atoms with Crippen molar-refractivity contribution in [1.82, 2.24) is 20.0 Å². The number of benzene rings is 1. The monoisotopic (exact) mass is 344 g/mol. The first-order valence-corrected chi connectivity index (χ1v) is 8.85. The van der Waals surface area contributed by atoms with E-state index in [1.807, 2.05) is 43.2 Å². The fraction of sp³-hybridized carbons (Fsp3) is 0.526. The highest BCUT2D eigenvalue weighted by Gasteiger charge is 2.42. The number of aromatic nitrogens is 2. The van der Waals surface area contributed by atoms with E-state index in [9.17, 15) is 5.11 Å². The molecule has 1 heterocycles. The number of hydrogen-bond acceptors (Lipinski definition) is 5. The van der Waals surface area contributed by atoms with Crippen molar-refractivity contribution in [1.29, 1.82) is 0 Å². The van der Waals surface area contributed by atoms with Crippen LogP contribution in [0.2, 0.25) is 0 Å². The van der Waals surface area contributed by atoms with Gasteiger partial charge in [-0.3, -0.25) is 4.68 Å². The van der Waals surface area contributed by atoms with E-state index in [-0.39, 0.29) is 24.2 Å². The summed E-state index contributed by atoms with van der Waals surface area (Å²) in [5.41, 5.74) is 1.18. The molecule has 1 unspecified atom stereocenters. The molecule has 0 aliphatic heterocycles. The Hall–Kier alpha value is -1.89. The first-order valence-electron chi connectivity index (χ1n) is 8.85. The molecule has 4 atom stereocenters. The van der Waals surface area contributed by atoms with E-state index in [4.69, 9.17) is 4.74 Å². The molecule has 2 aromatic rings. The van der Waals surface area contributed by atoms with Crippen LogP contribution in [0.25, 0.3) is 0 Å². The molecule has 0 amide bonds. The molecular weight excluding hydrogens is 316 g/mol. The van der Waals surface area contributed by atoms with Gasteiger partial charge in [-0.25, -0.2) is 0 Å². The van der Waals surface area contributed by atoms with Gasteiger partial charge >= 0.3 is 0 Å². The van der Waals surface area contributed by atoms with Crippen molar-refractivity contribution in [3.05, 3.63) is 48.3 Å². The molecule has 6 heteroatoms. The first-order chi connectivity index (χ1) is 12.0. The van der Waals surface area contributed by atoms with Gasteiger partial charge in [0.05, 0.1) is 12.1 Å². The lowest BCUT2D eigenvalue weighted by Crippen LogP contribution is -2.55. The van der Waals surface area contributed by atoms with Gasteiger partial charge in [0.15, 0.2) is 0 Å². The van der Waals surface area contributed by atoms with Crippen LogP contribution in [0, 0.1) is 0 Å². The SMILES string of the molecule is CC(N[C@H]1C[C@@H](O)[C@@H]1n1cccn1)c1cccc(OCCN(C)C)c1. The van der Waals surface area contributed by atoms with Gasteiger partial charge in [0, 0.05) is 31.0 Å². The Kier molecular flexibility index (Phi) is 5.73. The number of ether oxygens (including phenoxy) is 1. The number of likely N-dealkylation sites (N-methyl/N-ethyl adjacent to an activating group) is 1. The number of rotatable bonds is 8. The van der Waals surface area contributed by atoms with Crippen LogP contribution in [0.4, 0.5) is 0 Å². The van der Waals surface area contributed by atoms with E-state index in [0.717, 1.165) is 18.7 Å². The van der Waals surface area contributed by atoms with E-state index in [0.29, 0.717) is 6.61 Å². The van der Waals surface area contributed by atoms with Gasteiger partial charge in [0.1, 0.15) is 12.4 Å². The van der Waals surface area contributed by atoms with E-state index >= 15 is 0 Å². The predicted octanol–water partition coefficient (Wildman–Crippen LogP) is 1.85. The molecule has 1 aromatic carbocycles. The minimum Gasteiger partial charge on any atom is -0.492 e. The highest BCUT2D eigenvalue weighted by molar-refractivity contribution is 5.30. The fourth-order valence-electron chi connectivity index (χ4n) is 3.23. The number of hydrogen-bond donors (Lipinski definition) is 2. The third kappa shape index (κ3) is 4.39. The highest BCUT2D eigenvalue weighted by Crippen LogP contribution is 2.34. The van der Waals surface area contributed by atoms with Crippen LogP contribution < -0.4 is 10.1 Å². The Bertz CT molecular complexity index is 659. The lowest BCUT2D eigenvalue weighted by molar-refractivity contribution is -0.0110. The zero-order valence-corrected chi connectivity index (χ0v) is 15.2. The zero-order valence-electron chi connectivity index (χ0n) is 15.2. The average Bonchev–Trinajstić information content (AvgIpc) is 3.07. The second-order valence-corrected chi connectivity index (χ2v) is 7.00. The van der Waals surface area contributed by atoms with Crippen LogP contribution in [-0.2, 0) is 0 Å². The van der Waals surface area contributed by atoms with Crippen LogP contribution in [0.3, 0.4) is 0 Å². The van der Waals surface area contributed by atoms with Crippen LogP contribution in [0.15, 0.2) is 42.7 Å². The number of nitrogens with one attached hydrogen (secondary N) is 1. The number of aliphatic hydroxyl groups excluding tert-OH is 1. The van der Waals surface area contributed by atoms with Gasteiger partial charge in [-0.05, 0) is 51.2 Å². The van der Waals surface area contributed by atoms with Crippen LogP contribution >= 0.6 is 0 Å². The summed E-state index contributed by atoms with van der Waals surface area (Å²) in [6, 6.07) is 10.5. The molecule has 2 N–H and O–H groups in total. The molecular formula is C19H28N4O2. The van der Waals surface area contributed by atoms with Crippen molar-refractivity contribution < 1.29 is 9.84 Å². The summed E-state index contributed by atoms with van der Waals surface area (Å²) in [7, 11) is 4.07. The van der Waals surface area contributed by atoms with Crippen molar-refractivity contribution in [2.75, 3.05) is 27.2 Å². The van der Waals surface area contributed by atoms with E-state index < -0.39 is 0 Å². The molecule has 0 spiro atoms. The van der Waals surface area contributed by atoms with Crippen LogP contribution in [0.1, 0.15) is 31.0 Å².